The van der Waals surface area contributed by atoms with Crippen LogP contribution in [-0.2, 0) is 26.2 Å². The summed E-state index contributed by atoms with van der Waals surface area (Å²) in [5, 5.41) is 3.34. The number of hydrogen-bond acceptors (Lipinski definition) is 4. The number of benzene rings is 3. The molecule has 0 spiro atoms. The standard InChI is InChI=1S/C27H28Cl2FN3O4S/c1-3-25(27(35)31-4-2)32(17-22-23(28)11-8-12-24(22)29)26(34)18-33(20-9-6-5-7-10-20)38(36,37)21-15-13-19(30)14-16-21/h5-16,25H,3-4,17-18H2,1-2H3,(H,31,35)/t25-/m1/s1. The summed E-state index contributed by atoms with van der Waals surface area (Å²) in [7, 11) is -4.29. The van der Waals surface area contributed by atoms with Crippen LogP contribution >= 0.6 is 23.2 Å². The number of nitrogens with zero attached hydrogens (tertiary/aromatic N) is 2. The molecule has 0 unspecified atom stereocenters. The summed E-state index contributed by atoms with van der Waals surface area (Å²) in [5.74, 6) is -1.63. The molecule has 0 heterocycles. The molecule has 2 amide bonds. The first-order chi connectivity index (χ1) is 18.1. The molecule has 0 fully saturated rings. The SMILES string of the molecule is CCNC(=O)[C@@H](CC)N(Cc1c(Cl)cccc1Cl)C(=O)CN(c1ccccc1)S(=O)(=O)c1ccc(F)cc1. The molecule has 7 nitrogen and oxygen atoms in total. The predicted molar refractivity (Wildman–Crippen MR) is 147 cm³/mol. The number of halogens is 3. The van der Waals surface area contributed by atoms with Crippen LogP contribution in [0.25, 0.3) is 0 Å². The van der Waals surface area contributed by atoms with Crippen LogP contribution in [0.5, 0.6) is 0 Å². The van der Waals surface area contributed by atoms with Crippen LogP contribution in [0.15, 0.2) is 77.7 Å². The van der Waals surface area contributed by atoms with Gasteiger partial charge in [-0.15, -0.1) is 0 Å². The Morgan fingerprint density at radius 3 is 2.08 bits per heavy atom. The van der Waals surface area contributed by atoms with Crippen LogP contribution in [0.3, 0.4) is 0 Å². The zero-order valence-electron chi connectivity index (χ0n) is 20.9. The average molecular weight is 581 g/mol. The van der Waals surface area contributed by atoms with E-state index in [0.29, 0.717) is 22.2 Å². The van der Waals surface area contributed by atoms with E-state index in [4.69, 9.17) is 23.2 Å². The van der Waals surface area contributed by atoms with Crippen LogP contribution < -0.4 is 9.62 Å². The van der Waals surface area contributed by atoms with Gasteiger partial charge in [-0.2, -0.15) is 0 Å². The van der Waals surface area contributed by atoms with E-state index in [1.807, 2.05) is 0 Å². The van der Waals surface area contributed by atoms with Gasteiger partial charge in [0.05, 0.1) is 10.6 Å². The van der Waals surface area contributed by atoms with Crippen LogP contribution in [0, 0.1) is 5.82 Å². The molecule has 0 saturated heterocycles. The second kappa shape index (κ2) is 13.1. The molecule has 3 rings (SSSR count). The molecule has 0 aliphatic rings. The Kier molecular flexibility index (Phi) is 10.1. The lowest BCUT2D eigenvalue weighted by molar-refractivity contribution is -0.140. The van der Waals surface area contributed by atoms with Crippen LogP contribution in [0.2, 0.25) is 10.0 Å². The number of para-hydroxylation sites is 1. The highest BCUT2D eigenvalue weighted by Gasteiger charge is 2.34. The molecule has 3 aromatic rings. The van der Waals surface area contributed by atoms with Crippen LogP contribution in [0.4, 0.5) is 10.1 Å². The summed E-state index contributed by atoms with van der Waals surface area (Å²) in [4.78, 5) is 27.9. The van der Waals surface area contributed by atoms with Crippen molar-refractivity contribution in [2.45, 2.75) is 37.8 Å². The molecule has 3 aromatic carbocycles. The van der Waals surface area contributed by atoms with Gasteiger partial charge in [0.25, 0.3) is 10.0 Å². The van der Waals surface area contributed by atoms with Crippen molar-refractivity contribution in [2.24, 2.45) is 0 Å². The lowest BCUT2D eigenvalue weighted by Crippen LogP contribution is -2.52. The summed E-state index contributed by atoms with van der Waals surface area (Å²) in [5.41, 5.74) is 0.659. The number of rotatable bonds is 11. The van der Waals surface area contributed by atoms with E-state index in [1.165, 1.54) is 4.90 Å². The molecule has 0 aliphatic heterocycles. The molecule has 1 atom stereocenters. The molecule has 0 aromatic heterocycles. The summed E-state index contributed by atoms with van der Waals surface area (Å²) in [6.07, 6.45) is 0.260. The number of carbonyl (C=O) groups is 2. The highest BCUT2D eigenvalue weighted by atomic mass is 35.5. The summed E-state index contributed by atoms with van der Waals surface area (Å²) < 4.78 is 41.8. The maximum Gasteiger partial charge on any atom is 0.264 e. The Balaban J connectivity index is 2.07. The van der Waals surface area contributed by atoms with Gasteiger partial charge in [-0.25, -0.2) is 12.8 Å². The second-order valence-corrected chi connectivity index (χ2v) is 11.0. The number of sulfonamides is 1. The molecule has 202 valence electrons. The maximum atomic E-state index is 13.9. The Bertz CT molecular complexity index is 1350. The zero-order valence-corrected chi connectivity index (χ0v) is 23.2. The van der Waals surface area contributed by atoms with E-state index in [0.717, 1.165) is 28.6 Å². The zero-order chi connectivity index (χ0) is 27.9. The fourth-order valence-electron chi connectivity index (χ4n) is 3.92. The van der Waals surface area contributed by atoms with E-state index in [-0.39, 0.29) is 29.5 Å². The molecule has 1 N–H and O–H groups in total. The van der Waals surface area contributed by atoms with Crippen molar-refractivity contribution < 1.29 is 22.4 Å². The number of carbonyl (C=O) groups excluding carboxylic acids is 2. The fraction of sp³-hybridized carbons (Fsp3) is 0.259. The van der Waals surface area contributed by atoms with Gasteiger partial charge in [-0.1, -0.05) is 54.4 Å². The summed E-state index contributed by atoms with van der Waals surface area (Å²) >= 11 is 12.7. The number of anilines is 1. The van der Waals surface area contributed by atoms with E-state index in [1.54, 1.807) is 62.4 Å². The third kappa shape index (κ3) is 6.83. The van der Waals surface area contributed by atoms with Crippen molar-refractivity contribution in [3.05, 3.63) is 94.2 Å². The minimum absolute atomic E-state index is 0.119. The van der Waals surface area contributed by atoms with E-state index < -0.39 is 34.3 Å². The number of nitrogens with one attached hydrogen (secondary N) is 1. The van der Waals surface area contributed by atoms with E-state index in [2.05, 4.69) is 5.32 Å². The van der Waals surface area contributed by atoms with Gasteiger partial charge in [0.15, 0.2) is 0 Å². The first-order valence-corrected chi connectivity index (χ1v) is 14.1. The minimum Gasteiger partial charge on any atom is -0.355 e. The molecule has 0 aliphatic carbocycles. The Morgan fingerprint density at radius 2 is 1.53 bits per heavy atom. The number of likely N-dealkylation sites (N-methyl/N-ethyl adjacent to an activating group) is 1. The van der Waals surface area contributed by atoms with E-state index in [9.17, 15) is 22.4 Å². The molecular weight excluding hydrogens is 552 g/mol. The van der Waals surface area contributed by atoms with Crippen molar-refractivity contribution in [1.82, 2.24) is 10.2 Å². The van der Waals surface area contributed by atoms with E-state index >= 15 is 0 Å². The molecule has 38 heavy (non-hydrogen) atoms. The molecule has 11 heteroatoms. The molecule has 0 bridgehead atoms. The minimum atomic E-state index is -4.29. The van der Waals surface area contributed by atoms with Gasteiger partial charge in [0, 0.05) is 28.7 Å². The lowest BCUT2D eigenvalue weighted by Gasteiger charge is -2.33. The van der Waals surface area contributed by atoms with Gasteiger partial charge in [0.1, 0.15) is 18.4 Å². The number of hydrogen-bond donors (Lipinski definition) is 1. The third-order valence-corrected chi connectivity index (χ3v) is 8.35. The quantitative estimate of drug-likeness (QED) is 0.335. The van der Waals surface area contributed by atoms with Crippen molar-refractivity contribution in [3.63, 3.8) is 0 Å². The first-order valence-electron chi connectivity index (χ1n) is 11.9. The second-order valence-electron chi connectivity index (χ2n) is 8.34. The predicted octanol–water partition coefficient (Wildman–Crippen LogP) is 5.27. The smallest absolute Gasteiger partial charge is 0.264 e. The van der Waals surface area contributed by atoms with Crippen molar-refractivity contribution in [3.8, 4) is 0 Å². The highest BCUT2D eigenvalue weighted by molar-refractivity contribution is 7.92. The van der Waals surface area contributed by atoms with Crippen molar-refractivity contribution >= 4 is 50.7 Å². The lowest BCUT2D eigenvalue weighted by atomic mass is 10.1. The largest absolute Gasteiger partial charge is 0.355 e. The number of amides is 2. The monoisotopic (exact) mass is 579 g/mol. The highest BCUT2D eigenvalue weighted by Crippen LogP contribution is 2.28. The summed E-state index contributed by atoms with van der Waals surface area (Å²) in [6.45, 7) is 3.11. The normalized spacial score (nSPS) is 12.0. The van der Waals surface area contributed by atoms with Gasteiger partial charge in [-0.3, -0.25) is 13.9 Å². The van der Waals surface area contributed by atoms with Gasteiger partial charge < -0.3 is 10.2 Å². The molecular formula is C27H28Cl2FN3O4S. The van der Waals surface area contributed by atoms with Crippen LogP contribution in [-0.4, -0.2) is 44.3 Å². The average Bonchev–Trinajstić information content (AvgIpc) is 2.89. The Labute approximate surface area is 232 Å². The van der Waals surface area contributed by atoms with Crippen LogP contribution in [0.1, 0.15) is 25.8 Å². The molecule has 0 saturated carbocycles. The molecule has 0 radical (unpaired) electrons. The fourth-order valence-corrected chi connectivity index (χ4v) is 5.85. The maximum absolute atomic E-state index is 13.9. The Hall–Kier alpha value is -3.14. The summed E-state index contributed by atoms with van der Waals surface area (Å²) in [6, 6.07) is 16.4. The van der Waals surface area contributed by atoms with Crippen molar-refractivity contribution in [2.75, 3.05) is 17.4 Å². The van der Waals surface area contributed by atoms with Crippen molar-refractivity contribution in [1.29, 1.82) is 0 Å². The third-order valence-electron chi connectivity index (χ3n) is 5.85. The first kappa shape index (κ1) is 29.4. The Morgan fingerprint density at radius 1 is 0.921 bits per heavy atom. The van der Waals surface area contributed by atoms with Gasteiger partial charge in [-0.05, 0) is 61.9 Å². The van der Waals surface area contributed by atoms with Gasteiger partial charge in [0.2, 0.25) is 11.8 Å². The van der Waals surface area contributed by atoms with Gasteiger partial charge >= 0.3 is 0 Å². The topological polar surface area (TPSA) is 86.8 Å².